The van der Waals surface area contributed by atoms with Crippen LogP contribution in [0.1, 0.15) is 15.9 Å². The summed E-state index contributed by atoms with van der Waals surface area (Å²) in [6, 6.07) is 17.2. The van der Waals surface area contributed by atoms with Crippen LogP contribution in [0.25, 0.3) is 10.8 Å². The van der Waals surface area contributed by atoms with Crippen molar-refractivity contribution in [1.82, 2.24) is 5.43 Å². The smallest absolute Gasteiger partial charge is 0.278 e. The number of carbonyl (C=O) groups excluding carboxylic acids is 1. The zero-order valence-corrected chi connectivity index (χ0v) is 13.9. The summed E-state index contributed by atoms with van der Waals surface area (Å²) in [4.78, 5) is 22.9. The number of amides is 1. The van der Waals surface area contributed by atoms with Gasteiger partial charge in [0.25, 0.3) is 11.6 Å². The highest BCUT2D eigenvalue weighted by Gasteiger charge is 2.14. The molecule has 0 fully saturated rings. The van der Waals surface area contributed by atoms with E-state index in [9.17, 15) is 14.9 Å². The molecule has 7 nitrogen and oxygen atoms in total. The number of nitrogens with zero attached hydrogens (tertiary/aromatic N) is 2. The third-order valence-electron chi connectivity index (χ3n) is 3.82. The average molecular weight is 349 g/mol. The summed E-state index contributed by atoms with van der Waals surface area (Å²) in [7, 11) is 1.48. The minimum atomic E-state index is -0.504. The van der Waals surface area contributed by atoms with Gasteiger partial charge in [0, 0.05) is 6.07 Å². The first-order chi connectivity index (χ1) is 12.6. The number of fused-ring (bicyclic) bond motifs is 1. The number of nitro groups is 1. The Morgan fingerprint density at radius 3 is 2.46 bits per heavy atom. The van der Waals surface area contributed by atoms with Gasteiger partial charge >= 0.3 is 0 Å². The number of para-hydroxylation sites is 1. The largest absolute Gasteiger partial charge is 0.496 e. The molecule has 0 aromatic heterocycles. The van der Waals surface area contributed by atoms with E-state index in [0.29, 0.717) is 16.9 Å². The number of hydrogen-bond acceptors (Lipinski definition) is 5. The quantitative estimate of drug-likeness (QED) is 0.433. The lowest BCUT2D eigenvalue weighted by molar-refractivity contribution is -0.385. The molecule has 3 rings (SSSR count). The summed E-state index contributed by atoms with van der Waals surface area (Å²) in [5.41, 5.74) is 2.91. The second-order valence-electron chi connectivity index (χ2n) is 5.41. The van der Waals surface area contributed by atoms with Crippen LogP contribution in [0.5, 0.6) is 5.75 Å². The van der Waals surface area contributed by atoms with Crippen molar-refractivity contribution in [2.45, 2.75) is 0 Å². The zero-order valence-electron chi connectivity index (χ0n) is 13.9. The van der Waals surface area contributed by atoms with Crippen LogP contribution >= 0.6 is 0 Å². The number of hydrogen-bond donors (Lipinski definition) is 1. The van der Waals surface area contributed by atoms with Crippen molar-refractivity contribution in [3.05, 3.63) is 81.9 Å². The summed E-state index contributed by atoms with van der Waals surface area (Å²) < 4.78 is 5.29. The van der Waals surface area contributed by atoms with Crippen molar-refractivity contribution < 1.29 is 14.5 Å². The summed E-state index contributed by atoms with van der Waals surface area (Å²) in [6.45, 7) is 0. The standard InChI is InChI=1S/C19H15N3O4/c1-26-18-11-14-7-3-2-6-13(14)10-16(18)19(23)21-20-12-15-8-4-5-9-17(15)22(24)25/h2-12H,1H3,(H,21,23)/b20-12+. The van der Waals surface area contributed by atoms with Gasteiger partial charge in [-0.15, -0.1) is 0 Å². The maximum Gasteiger partial charge on any atom is 0.278 e. The topological polar surface area (TPSA) is 93.8 Å². The fourth-order valence-electron chi connectivity index (χ4n) is 2.55. The van der Waals surface area contributed by atoms with Gasteiger partial charge < -0.3 is 4.74 Å². The Hall–Kier alpha value is -3.74. The van der Waals surface area contributed by atoms with Gasteiger partial charge in [-0.2, -0.15) is 5.10 Å². The van der Waals surface area contributed by atoms with E-state index in [2.05, 4.69) is 10.5 Å². The number of hydrazone groups is 1. The van der Waals surface area contributed by atoms with Crippen molar-refractivity contribution in [3.63, 3.8) is 0 Å². The first-order valence-electron chi connectivity index (χ1n) is 7.74. The van der Waals surface area contributed by atoms with Crippen LogP contribution in [-0.2, 0) is 0 Å². The molecule has 26 heavy (non-hydrogen) atoms. The molecule has 0 unspecified atom stereocenters. The lowest BCUT2D eigenvalue weighted by Crippen LogP contribution is -2.18. The summed E-state index contributed by atoms with van der Waals surface area (Å²) in [6.07, 6.45) is 1.24. The summed E-state index contributed by atoms with van der Waals surface area (Å²) in [5, 5.41) is 16.7. The normalized spacial score (nSPS) is 10.8. The fourth-order valence-corrected chi connectivity index (χ4v) is 2.55. The SMILES string of the molecule is COc1cc2ccccc2cc1C(=O)N/N=C/c1ccccc1[N+](=O)[O-]. The van der Waals surface area contributed by atoms with Crippen molar-refractivity contribution >= 4 is 28.6 Å². The van der Waals surface area contributed by atoms with Crippen molar-refractivity contribution in [2.75, 3.05) is 7.11 Å². The minimum Gasteiger partial charge on any atom is -0.496 e. The Morgan fingerprint density at radius 1 is 1.12 bits per heavy atom. The van der Waals surface area contributed by atoms with E-state index in [0.717, 1.165) is 10.8 Å². The third-order valence-corrected chi connectivity index (χ3v) is 3.82. The fraction of sp³-hybridized carbons (Fsp3) is 0.0526. The molecule has 1 amide bonds. The lowest BCUT2D eigenvalue weighted by Gasteiger charge is -2.09. The Bertz CT molecular complexity index is 1010. The van der Waals surface area contributed by atoms with Gasteiger partial charge in [0.2, 0.25) is 0 Å². The highest BCUT2D eigenvalue weighted by molar-refractivity contribution is 6.02. The van der Waals surface area contributed by atoms with Gasteiger partial charge in [-0.1, -0.05) is 36.4 Å². The minimum absolute atomic E-state index is 0.0891. The highest BCUT2D eigenvalue weighted by atomic mass is 16.6. The van der Waals surface area contributed by atoms with Crippen molar-refractivity contribution in [1.29, 1.82) is 0 Å². The second kappa shape index (κ2) is 7.43. The molecule has 0 radical (unpaired) electrons. The first-order valence-corrected chi connectivity index (χ1v) is 7.74. The Balaban J connectivity index is 1.85. The van der Waals surface area contributed by atoms with Gasteiger partial charge in [0.05, 0.1) is 29.4 Å². The molecule has 0 heterocycles. The molecular formula is C19H15N3O4. The molecule has 0 saturated carbocycles. The van der Waals surface area contributed by atoms with Crippen LogP contribution in [0.15, 0.2) is 65.8 Å². The molecule has 130 valence electrons. The van der Waals surface area contributed by atoms with E-state index >= 15 is 0 Å². The molecule has 3 aromatic carbocycles. The van der Waals surface area contributed by atoms with Crippen molar-refractivity contribution in [3.8, 4) is 5.75 Å². The Morgan fingerprint density at radius 2 is 1.77 bits per heavy atom. The van der Waals surface area contributed by atoms with Gasteiger partial charge in [0.1, 0.15) is 5.75 Å². The molecule has 1 N–H and O–H groups in total. The number of nitro benzene ring substituents is 1. The highest BCUT2D eigenvalue weighted by Crippen LogP contribution is 2.25. The molecule has 0 bridgehead atoms. The molecule has 3 aromatic rings. The second-order valence-corrected chi connectivity index (χ2v) is 5.41. The van der Waals surface area contributed by atoms with E-state index in [1.807, 2.05) is 24.3 Å². The average Bonchev–Trinajstić information content (AvgIpc) is 2.67. The van der Waals surface area contributed by atoms with Gasteiger partial charge in [0.15, 0.2) is 0 Å². The van der Waals surface area contributed by atoms with Crippen molar-refractivity contribution in [2.24, 2.45) is 5.10 Å². The Kier molecular flexibility index (Phi) is 4.89. The van der Waals surface area contributed by atoms with Crippen LogP contribution in [0, 0.1) is 10.1 Å². The molecule has 0 aliphatic rings. The van der Waals surface area contributed by atoms with E-state index in [4.69, 9.17) is 4.74 Å². The molecule has 7 heteroatoms. The van der Waals surface area contributed by atoms with Crippen LogP contribution in [-0.4, -0.2) is 24.2 Å². The zero-order chi connectivity index (χ0) is 18.5. The number of methoxy groups -OCH3 is 1. The number of benzene rings is 3. The molecule has 0 saturated heterocycles. The van der Waals surface area contributed by atoms with E-state index in [1.165, 1.54) is 19.4 Å². The molecule has 0 aliphatic carbocycles. The van der Waals surface area contributed by atoms with Gasteiger partial charge in [-0.3, -0.25) is 14.9 Å². The first kappa shape index (κ1) is 17.1. The van der Waals surface area contributed by atoms with Crippen LogP contribution in [0.4, 0.5) is 5.69 Å². The maximum absolute atomic E-state index is 12.4. The van der Waals surface area contributed by atoms with Crippen LogP contribution < -0.4 is 10.2 Å². The molecular weight excluding hydrogens is 334 g/mol. The number of carbonyl (C=O) groups is 1. The number of ether oxygens (including phenoxy) is 1. The number of nitrogens with one attached hydrogen (secondary N) is 1. The van der Waals surface area contributed by atoms with Gasteiger partial charge in [-0.25, -0.2) is 5.43 Å². The third kappa shape index (κ3) is 3.51. The van der Waals surface area contributed by atoms with Crippen LogP contribution in [0.2, 0.25) is 0 Å². The molecule has 0 spiro atoms. The summed E-state index contributed by atoms with van der Waals surface area (Å²) >= 11 is 0. The van der Waals surface area contributed by atoms with Gasteiger partial charge in [-0.05, 0) is 29.0 Å². The Labute approximate surface area is 149 Å². The molecule has 0 atom stereocenters. The maximum atomic E-state index is 12.4. The molecule has 0 aliphatic heterocycles. The predicted octanol–water partition coefficient (Wildman–Crippen LogP) is 3.52. The van der Waals surface area contributed by atoms with E-state index in [-0.39, 0.29) is 5.69 Å². The number of rotatable bonds is 5. The lowest BCUT2D eigenvalue weighted by atomic mass is 10.1. The van der Waals surface area contributed by atoms with E-state index in [1.54, 1.807) is 30.3 Å². The van der Waals surface area contributed by atoms with Crippen LogP contribution in [0.3, 0.4) is 0 Å². The van der Waals surface area contributed by atoms with E-state index < -0.39 is 10.8 Å². The predicted molar refractivity (Wildman–Crippen MR) is 98.7 cm³/mol. The monoisotopic (exact) mass is 349 g/mol. The summed E-state index contributed by atoms with van der Waals surface area (Å²) in [5.74, 6) is -0.0514.